The molecule has 2 aromatic rings. The van der Waals surface area contributed by atoms with Crippen LogP contribution in [0.2, 0.25) is 0 Å². The summed E-state index contributed by atoms with van der Waals surface area (Å²) < 4.78 is 69.3. The molecule has 1 aliphatic rings. The summed E-state index contributed by atoms with van der Waals surface area (Å²) in [6.45, 7) is 1.44. The molecular weight excluding hydrogens is 569 g/mol. The largest absolute Gasteiger partial charge is 0.391 e. The zero-order valence-electron chi connectivity index (χ0n) is 21.9. The Morgan fingerprint density at radius 2 is 1.88 bits per heavy atom. The SMILES string of the molecule is CCC(=O)Nc1c(-c2cccs2)cccc1S(=O)(=O)NC(CCCN=C(N)N)C(=O)N1CCC(C(F)(F)F)CC1. The first kappa shape index (κ1) is 31.4. The number of para-hydroxylation sites is 1. The van der Waals surface area contributed by atoms with Gasteiger partial charge in [0.1, 0.15) is 10.9 Å². The molecule has 1 aromatic carbocycles. The van der Waals surface area contributed by atoms with Crippen LogP contribution in [0.3, 0.4) is 0 Å². The molecule has 6 N–H and O–H groups in total. The van der Waals surface area contributed by atoms with Crippen LogP contribution in [0.1, 0.15) is 39.0 Å². The minimum absolute atomic E-state index is 0.00465. The van der Waals surface area contributed by atoms with Gasteiger partial charge in [0.15, 0.2) is 5.96 Å². The minimum Gasteiger partial charge on any atom is -0.370 e. The van der Waals surface area contributed by atoms with Crippen molar-refractivity contribution in [2.24, 2.45) is 22.4 Å². The normalized spacial score (nSPS) is 15.4. The Morgan fingerprint density at radius 3 is 2.45 bits per heavy atom. The Morgan fingerprint density at radius 1 is 1.18 bits per heavy atom. The van der Waals surface area contributed by atoms with Crippen molar-refractivity contribution < 1.29 is 31.2 Å². The van der Waals surface area contributed by atoms with Crippen LogP contribution in [0.5, 0.6) is 0 Å². The summed E-state index contributed by atoms with van der Waals surface area (Å²) in [5.41, 5.74) is 11.3. The number of nitrogens with zero attached hydrogens (tertiary/aromatic N) is 2. The standard InChI is InChI=1S/C25H33F3N6O4S2/c1-2-21(35)32-22-17(19-8-5-15-39-19)6-3-9-20(22)40(37,38)33-18(7-4-12-31-24(29)30)23(36)34-13-10-16(11-14-34)25(26,27)28/h3,5-6,8-9,15-16,18,33H,2,4,7,10-14H2,1H3,(H,32,35)(H4,29,30,31). The number of benzene rings is 1. The molecule has 40 heavy (non-hydrogen) atoms. The number of carbonyl (C=O) groups excluding carboxylic acids is 2. The summed E-state index contributed by atoms with van der Waals surface area (Å²) in [5.74, 6) is -2.72. The van der Waals surface area contributed by atoms with Crippen molar-refractivity contribution in [2.75, 3.05) is 25.0 Å². The van der Waals surface area contributed by atoms with Gasteiger partial charge in [-0.2, -0.15) is 17.9 Å². The molecule has 1 aliphatic heterocycles. The highest BCUT2D eigenvalue weighted by molar-refractivity contribution is 7.89. The van der Waals surface area contributed by atoms with Crippen molar-refractivity contribution in [3.63, 3.8) is 0 Å². The summed E-state index contributed by atoms with van der Waals surface area (Å²) in [6.07, 6.45) is -4.56. The van der Waals surface area contributed by atoms with E-state index in [0.717, 1.165) is 4.88 Å². The van der Waals surface area contributed by atoms with Gasteiger partial charge >= 0.3 is 6.18 Å². The highest BCUT2D eigenvalue weighted by atomic mass is 32.2. The lowest BCUT2D eigenvalue weighted by Gasteiger charge is -2.35. The number of anilines is 1. The maximum atomic E-state index is 13.7. The van der Waals surface area contributed by atoms with Gasteiger partial charge in [-0.15, -0.1) is 11.3 Å². The number of likely N-dealkylation sites (tertiary alicyclic amines) is 1. The van der Waals surface area contributed by atoms with Gasteiger partial charge in [0.2, 0.25) is 21.8 Å². The number of halogens is 3. The maximum absolute atomic E-state index is 13.7. The third-order valence-electron chi connectivity index (χ3n) is 6.50. The molecule has 1 aromatic heterocycles. The van der Waals surface area contributed by atoms with Gasteiger partial charge in [-0.05, 0) is 43.2 Å². The van der Waals surface area contributed by atoms with Crippen LogP contribution in [0.25, 0.3) is 10.4 Å². The van der Waals surface area contributed by atoms with Crippen LogP contribution in [0.15, 0.2) is 45.6 Å². The third kappa shape index (κ3) is 8.17. The number of nitrogens with two attached hydrogens (primary N) is 2. The number of nitrogens with one attached hydrogen (secondary N) is 2. The molecule has 2 amide bonds. The lowest BCUT2D eigenvalue weighted by Crippen LogP contribution is -2.51. The number of rotatable bonds is 11. The van der Waals surface area contributed by atoms with Gasteiger partial charge in [0, 0.05) is 36.5 Å². The molecule has 0 spiro atoms. The molecule has 10 nitrogen and oxygen atoms in total. The van der Waals surface area contributed by atoms with Crippen LogP contribution in [-0.2, 0) is 19.6 Å². The zero-order valence-corrected chi connectivity index (χ0v) is 23.5. The Bertz CT molecular complexity index is 1300. The van der Waals surface area contributed by atoms with Gasteiger partial charge in [-0.25, -0.2) is 8.42 Å². The molecule has 1 saturated heterocycles. The van der Waals surface area contributed by atoms with E-state index in [-0.39, 0.29) is 68.3 Å². The predicted molar refractivity (Wildman–Crippen MR) is 148 cm³/mol. The number of piperidine rings is 1. The number of aliphatic imine (C=N–C) groups is 1. The van der Waals surface area contributed by atoms with Crippen LogP contribution in [0, 0.1) is 5.92 Å². The number of amides is 2. The molecule has 1 atom stereocenters. The molecule has 0 saturated carbocycles. The first-order chi connectivity index (χ1) is 18.8. The van der Waals surface area contributed by atoms with Gasteiger partial charge in [0.05, 0.1) is 11.6 Å². The van der Waals surface area contributed by atoms with E-state index in [2.05, 4.69) is 15.0 Å². The van der Waals surface area contributed by atoms with Crippen molar-refractivity contribution in [3.05, 3.63) is 35.7 Å². The monoisotopic (exact) mass is 602 g/mol. The first-order valence-electron chi connectivity index (χ1n) is 12.7. The van der Waals surface area contributed by atoms with E-state index in [9.17, 15) is 31.2 Å². The smallest absolute Gasteiger partial charge is 0.370 e. The molecule has 15 heteroatoms. The van der Waals surface area contributed by atoms with Crippen LogP contribution < -0.4 is 21.5 Å². The second-order valence-corrected chi connectivity index (χ2v) is 12.0. The van der Waals surface area contributed by atoms with Crippen molar-refractivity contribution in [1.82, 2.24) is 9.62 Å². The number of guanidine groups is 1. The molecular formula is C25H33F3N6O4S2. The van der Waals surface area contributed by atoms with Crippen molar-refractivity contribution in [2.45, 2.75) is 56.1 Å². The second-order valence-electron chi connectivity index (χ2n) is 9.32. The summed E-state index contributed by atoms with van der Waals surface area (Å²) in [5, 5.41) is 4.49. The molecule has 220 valence electrons. The zero-order chi connectivity index (χ0) is 29.5. The average molecular weight is 603 g/mol. The Kier molecular flexibility index (Phi) is 10.6. The van der Waals surface area contributed by atoms with Gasteiger partial charge in [0.25, 0.3) is 0 Å². The molecule has 0 radical (unpaired) electrons. The summed E-state index contributed by atoms with van der Waals surface area (Å²) in [7, 11) is -4.40. The molecule has 1 unspecified atom stereocenters. The van der Waals surface area contributed by atoms with E-state index < -0.39 is 40.0 Å². The fourth-order valence-corrected chi connectivity index (χ4v) is 6.55. The van der Waals surface area contributed by atoms with Crippen LogP contribution in [-0.4, -0.2) is 62.9 Å². The van der Waals surface area contributed by atoms with Crippen molar-refractivity contribution in [3.8, 4) is 10.4 Å². The Hall–Kier alpha value is -3.17. The number of sulfonamides is 1. The molecule has 2 heterocycles. The maximum Gasteiger partial charge on any atom is 0.391 e. The predicted octanol–water partition coefficient (Wildman–Crippen LogP) is 3.27. The molecule has 0 aliphatic carbocycles. The second kappa shape index (κ2) is 13.5. The fourth-order valence-electron chi connectivity index (χ4n) is 4.38. The summed E-state index contributed by atoms with van der Waals surface area (Å²) in [4.78, 5) is 31.4. The van der Waals surface area contributed by atoms with E-state index in [1.807, 2.05) is 5.38 Å². The average Bonchev–Trinajstić information content (AvgIpc) is 3.44. The van der Waals surface area contributed by atoms with Crippen LogP contribution >= 0.6 is 11.3 Å². The number of alkyl halides is 3. The molecule has 0 bridgehead atoms. The van der Waals surface area contributed by atoms with E-state index in [4.69, 9.17) is 11.5 Å². The van der Waals surface area contributed by atoms with E-state index >= 15 is 0 Å². The molecule has 3 rings (SSSR count). The number of hydrogen-bond acceptors (Lipinski definition) is 6. The Balaban J connectivity index is 1.92. The topological polar surface area (TPSA) is 160 Å². The lowest BCUT2D eigenvalue weighted by molar-refractivity contribution is -0.186. The van der Waals surface area contributed by atoms with E-state index in [1.54, 1.807) is 25.1 Å². The third-order valence-corrected chi connectivity index (χ3v) is 8.92. The van der Waals surface area contributed by atoms with Crippen LogP contribution in [0.4, 0.5) is 18.9 Å². The lowest BCUT2D eigenvalue weighted by atomic mass is 9.95. The van der Waals surface area contributed by atoms with Crippen molar-refractivity contribution in [1.29, 1.82) is 0 Å². The van der Waals surface area contributed by atoms with Gasteiger partial charge in [-0.1, -0.05) is 25.1 Å². The highest BCUT2D eigenvalue weighted by Gasteiger charge is 2.42. The van der Waals surface area contributed by atoms with E-state index in [1.165, 1.54) is 28.4 Å². The fraction of sp³-hybridized carbons (Fsp3) is 0.480. The summed E-state index contributed by atoms with van der Waals surface area (Å²) in [6, 6.07) is 6.81. The summed E-state index contributed by atoms with van der Waals surface area (Å²) >= 11 is 1.36. The minimum atomic E-state index is -4.40. The van der Waals surface area contributed by atoms with Crippen molar-refractivity contribution >= 4 is 44.8 Å². The van der Waals surface area contributed by atoms with Gasteiger partial charge < -0.3 is 21.7 Å². The quantitative estimate of drug-likeness (QED) is 0.175. The number of carbonyl (C=O) groups is 2. The first-order valence-corrected chi connectivity index (χ1v) is 15.1. The van der Waals surface area contributed by atoms with E-state index in [0.29, 0.717) is 5.56 Å². The Labute approximate surface area is 235 Å². The molecule has 1 fully saturated rings. The highest BCUT2D eigenvalue weighted by Crippen LogP contribution is 2.37. The van der Waals surface area contributed by atoms with Gasteiger partial charge in [-0.3, -0.25) is 14.6 Å². The number of thiophene rings is 1. The number of hydrogen-bond donors (Lipinski definition) is 4.